The number of ether oxygens (including phenoxy) is 8. The molecule has 6 N–H and O–H groups in total. The number of hydrogen-bond acceptors (Lipinski definition) is 15. The second kappa shape index (κ2) is 28.8. The average molecular weight is 1130 g/mol. The van der Waals surface area contributed by atoms with Crippen molar-refractivity contribution in [1.82, 2.24) is 21.3 Å². The molecule has 0 heterocycles. The lowest BCUT2D eigenvalue weighted by Crippen LogP contribution is -2.49. The van der Waals surface area contributed by atoms with Crippen LogP contribution >= 0.6 is 47.8 Å². The zero-order valence-corrected chi connectivity index (χ0v) is 44.5. The monoisotopic (exact) mass is 1120 g/mol. The van der Waals surface area contributed by atoms with Crippen LogP contribution in [0.5, 0.6) is 0 Å². The molecule has 0 aliphatic carbocycles. The van der Waals surface area contributed by atoms with Crippen LogP contribution in [0, 0.1) is 5.41 Å². The van der Waals surface area contributed by atoms with Crippen molar-refractivity contribution >= 4 is 95.7 Å². The fourth-order valence-corrected chi connectivity index (χ4v) is 4.79. The van der Waals surface area contributed by atoms with Gasteiger partial charge in [-0.15, -0.1) is 4.99 Å². The maximum Gasteiger partial charge on any atom is 0.437 e. The number of aliphatic imine (C=N–C) groups is 1. The molecule has 0 aromatic carbocycles. The third kappa shape index (κ3) is 31.3. The van der Waals surface area contributed by atoms with Gasteiger partial charge in [0.15, 0.2) is 5.96 Å². The van der Waals surface area contributed by atoms with Crippen LogP contribution < -0.4 is 27.0 Å². The molecule has 0 fully saturated rings. The number of carbonyl (C=O) groups excluding carboxylic acids is 7. The maximum atomic E-state index is 13.0. The molecule has 24 heteroatoms. The topological polar surface area (TPSA) is 280 Å². The van der Waals surface area contributed by atoms with Gasteiger partial charge in [0.25, 0.3) is 0 Å². The second-order valence-corrected chi connectivity index (χ2v) is 24.2. The van der Waals surface area contributed by atoms with E-state index in [1.807, 2.05) is 0 Å². The molecule has 1 atom stereocenters. The Morgan fingerprint density at radius 2 is 1.02 bits per heavy atom. The summed E-state index contributed by atoms with van der Waals surface area (Å²) in [4.78, 5) is 91.6. The molecule has 376 valence electrons. The molecule has 4 amide bonds. The van der Waals surface area contributed by atoms with Gasteiger partial charge < -0.3 is 64.9 Å². The molecule has 0 rings (SSSR count). The predicted octanol–water partition coefficient (Wildman–Crippen LogP) is 3.92. The molecule has 21 nitrogen and oxygen atoms in total. The molecular weight excluding hydrogens is 1060 g/mol. The molecule has 0 saturated heterocycles. The van der Waals surface area contributed by atoms with E-state index in [0.717, 1.165) is 0 Å². The number of carbonyl (C=O) groups is 7. The summed E-state index contributed by atoms with van der Waals surface area (Å²) >= 11 is 9.76. The molecule has 1 unspecified atom stereocenters. The van der Waals surface area contributed by atoms with Gasteiger partial charge in [-0.05, 0) is 95.9 Å². The van der Waals surface area contributed by atoms with Crippen molar-refractivity contribution in [3.63, 3.8) is 0 Å². The van der Waals surface area contributed by atoms with Crippen LogP contribution in [0.3, 0.4) is 0 Å². The number of halogens is 3. The van der Waals surface area contributed by atoms with Crippen molar-refractivity contribution in [2.45, 2.75) is 126 Å². The number of alkyl carbamates (subject to hydrolysis) is 1. The van der Waals surface area contributed by atoms with Crippen molar-refractivity contribution in [1.29, 1.82) is 0 Å². The van der Waals surface area contributed by atoms with Crippen molar-refractivity contribution in [2.24, 2.45) is 16.1 Å². The highest BCUT2D eigenvalue weighted by molar-refractivity contribution is 9.10. The number of nitrogens with one attached hydrogen (secondary N) is 4. The van der Waals surface area contributed by atoms with Crippen molar-refractivity contribution in [3.05, 3.63) is 0 Å². The molecule has 65 heavy (non-hydrogen) atoms. The Balaban J connectivity index is 5.01. The number of amides is 4. The Morgan fingerprint density at radius 1 is 0.569 bits per heavy atom. The minimum Gasteiger partial charge on any atom is -0.464 e. The summed E-state index contributed by atoms with van der Waals surface area (Å²) in [6.07, 6.45) is -1.06. The summed E-state index contributed by atoms with van der Waals surface area (Å²) in [5.74, 6) is -3.03. The van der Waals surface area contributed by atoms with Gasteiger partial charge in [0, 0.05) is 19.6 Å². The average Bonchev–Trinajstić information content (AvgIpc) is 3.13. The van der Waals surface area contributed by atoms with E-state index in [1.165, 1.54) is 0 Å². The third-order valence-electron chi connectivity index (χ3n) is 7.70. The molecule has 0 aliphatic heterocycles. The SMILES string of the molecule is CC(C)(C)OC(=O)/N=C(/N)NCCCC(NC(=O)OC(C)(C)C)C(=O)NCCOCCOCCNC(=O)COCC(COC(=O)C(C)(C)Br)(COC(=O)C(C)(C)Br)COC(=O)C(C)(C)Br. The van der Waals surface area contributed by atoms with Gasteiger partial charge >= 0.3 is 30.1 Å². The number of alkyl halides is 3. The summed E-state index contributed by atoms with van der Waals surface area (Å²) in [7, 11) is 0. The third-order valence-corrected chi connectivity index (χ3v) is 8.67. The first-order chi connectivity index (χ1) is 29.7. The Labute approximate surface area is 407 Å². The molecular formula is C41H71Br3N6O15. The van der Waals surface area contributed by atoms with Gasteiger partial charge in [-0.1, -0.05) is 47.8 Å². The molecule has 0 bridgehead atoms. The Bertz CT molecular complexity index is 1510. The number of rotatable bonds is 28. The summed E-state index contributed by atoms with van der Waals surface area (Å²) in [5, 5.41) is 10.7. The Morgan fingerprint density at radius 3 is 1.45 bits per heavy atom. The zero-order valence-electron chi connectivity index (χ0n) is 39.8. The van der Waals surface area contributed by atoms with Crippen LogP contribution in [0.25, 0.3) is 0 Å². The van der Waals surface area contributed by atoms with Crippen molar-refractivity contribution in [2.75, 3.05) is 79.1 Å². The van der Waals surface area contributed by atoms with E-state index < -0.39 is 84.1 Å². The molecule has 0 aliphatic rings. The highest BCUT2D eigenvalue weighted by Gasteiger charge is 2.41. The van der Waals surface area contributed by atoms with E-state index in [0.29, 0.717) is 6.42 Å². The Kier molecular flexibility index (Phi) is 27.3. The molecule has 0 spiro atoms. The number of hydrogen-bond donors (Lipinski definition) is 5. The zero-order chi connectivity index (χ0) is 50.3. The van der Waals surface area contributed by atoms with Crippen LogP contribution in [-0.4, -0.2) is 157 Å². The van der Waals surface area contributed by atoms with Crippen molar-refractivity contribution < 1.29 is 71.5 Å². The second-order valence-electron chi connectivity index (χ2n) is 18.2. The van der Waals surface area contributed by atoms with E-state index in [9.17, 15) is 33.6 Å². The quantitative estimate of drug-likeness (QED) is 0.0185. The van der Waals surface area contributed by atoms with Gasteiger partial charge in [0.2, 0.25) is 11.8 Å². The van der Waals surface area contributed by atoms with Gasteiger partial charge in [-0.3, -0.25) is 24.0 Å². The van der Waals surface area contributed by atoms with Gasteiger partial charge in [-0.25, -0.2) is 9.59 Å². The number of nitrogens with two attached hydrogens (primary N) is 1. The minimum atomic E-state index is -1.39. The summed E-state index contributed by atoms with van der Waals surface area (Å²) < 4.78 is 40.6. The molecule has 0 saturated carbocycles. The van der Waals surface area contributed by atoms with Gasteiger partial charge in [-0.2, -0.15) is 0 Å². The van der Waals surface area contributed by atoms with E-state index in [-0.39, 0.29) is 84.9 Å². The number of nitrogens with zero attached hydrogens (tertiary/aromatic N) is 1. The minimum absolute atomic E-state index is 0.126. The first-order valence-corrected chi connectivity index (χ1v) is 23.2. The van der Waals surface area contributed by atoms with E-state index in [1.54, 1.807) is 83.1 Å². The van der Waals surface area contributed by atoms with E-state index in [4.69, 9.17) is 43.6 Å². The first kappa shape index (κ1) is 61.7. The van der Waals surface area contributed by atoms with Crippen molar-refractivity contribution in [3.8, 4) is 0 Å². The molecule has 0 radical (unpaired) electrons. The summed E-state index contributed by atoms with van der Waals surface area (Å²) in [5.41, 5.74) is 2.84. The molecule has 0 aromatic rings. The van der Waals surface area contributed by atoms with Crippen LogP contribution in [0.2, 0.25) is 0 Å². The predicted molar refractivity (Wildman–Crippen MR) is 251 cm³/mol. The van der Waals surface area contributed by atoms with Crippen LogP contribution in [0.1, 0.15) is 95.9 Å². The fourth-order valence-electron chi connectivity index (χ4n) is 4.45. The van der Waals surface area contributed by atoms with E-state index >= 15 is 0 Å². The smallest absolute Gasteiger partial charge is 0.437 e. The van der Waals surface area contributed by atoms with Crippen LogP contribution in [0.4, 0.5) is 9.59 Å². The van der Waals surface area contributed by atoms with Gasteiger partial charge in [0.05, 0.1) is 38.4 Å². The molecule has 0 aromatic heterocycles. The lowest BCUT2D eigenvalue weighted by molar-refractivity contribution is -0.170. The standard InChI is InChI=1S/C41H71Br3N6O15/c1-36(2,3)64-34(56)49-27(14-13-15-48-33(45)50-35(57)65-37(4,5)6)29(52)47-17-19-59-21-20-58-18-16-46-28(51)22-60-23-41(24-61-30(53)38(7,8)42,25-62-31(54)39(9,10)43)26-63-32(55)40(11,12)44/h27H,13-26H2,1-12H3,(H,46,51)(H,47,52)(H,49,56)(H3,45,48,50,57). The lowest BCUT2D eigenvalue weighted by atomic mass is 9.92. The summed E-state index contributed by atoms with van der Waals surface area (Å²) in [6, 6.07) is -0.952. The normalized spacial score (nSPS) is 13.2. The van der Waals surface area contributed by atoms with E-state index in [2.05, 4.69) is 74.0 Å². The highest BCUT2D eigenvalue weighted by Crippen LogP contribution is 2.28. The van der Waals surface area contributed by atoms with Gasteiger partial charge in [0.1, 0.15) is 56.6 Å². The van der Waals surface area contributed by atoms with Crippen LogP contribution in [-0.2, 0) is 61.9 Å². The first-order valence-electron chi connectivity index (χ1n) is 20.8. The number of guanidine groups is 1. The largest absolute Gasteiger partial charge is 0.464 e. The lowest BCUT2D eigenvalue weighted by Gasteiger charge is -2.34. The highest BCUT2D eigenvalue weighted by atomic mass is 79.9. The number of esters is 3. The Hall–Kier alpha value is -3.32. The fraction of sp³-hybridized carbons (Fsp3) is 0.805. The van der Waals surface area contributed by atoms with Crippen LogP contribution in [0.15, 0.2) is 4.99 Å². The maximum absolute atomic E-state index is 13.0. The summed E-state index contributed by atoms with van der Waals surface area (Å²) in [6.45, 7) is 18.9.